The Morgan fingerprint density at radius 3 is 2.68 bits per heavy atom. The predicted molar refractivity (Wildman–Crippen MR) is 90.4 cm³/mol. The maximum atomic E-state index is 12.4. The van der Waals surface area contributed by atoms with Gasteiger partial charge in [0.1, 0.15) is 5.82 Å². The van der Waals surface area contributed by atoms with Gasteiger partial charge in [-0.15, -0.1) is 0 Å². The fourth-order valence-electron chi connectivity index (χ4n) is 2.10. The molecule has 22 heavy (non-hydrogen) atoms. The largest absolute Gasteiger partial charge is 0.373 e. The van der Waals surface area contributed by atoms with Gasteiger partial charge >= 0.3 is 0 Å². The lowest BCUT2D eigenvalue weighted by molar-refractivity contribution is 0.102. The molecule has 1 heterocycles. The van der Waals surface area contributed by atoms with Crippen LogP contribution in [0.3, 0.4) is 0 Å². The number of benzene rings is 1. The Morgan fingerprint density at radius 2 is 2.09 bits per heavy atom. The molecule has 0 spiro atoms. The highest BCUT2D eigenvalue weighted by molar-refractivity contribution is 6.38. The van der Waals surface area contributed by atoms with Crippen molar-refractivity contribution in [2.75, 3.05) is 17.7 Å². The zero-order valence-electron chi connectivity index (χ0n) is 12.6. The SMILES string of the molecule is CNc1ncc(C(=O)Nc2cccc(C)c2)c(Cl)c1C(C)=N. The zero-order valence-corrected chi connectivity index (χ0v) is 13.4. The molecule has 0 aliphatic rings. The summed E-state index contributed by atoms with van der Waals surface area (Å²) in [6.45, 7) is 3.55. The molecule has 1 aromatic carbocycles. The molecule has 0 radical (unpaired) electrons. The van der Waals surface area contributed by atoms with Gasteiger partial charge in [-0.1, -0.05) is 23.7 Å². The van der Waals surface area contributed by atoms with E-state index in [0.29, 0.717) is 17.1 Å². The zero-order chi connectivity index (χ0) is 16.3. The minimum Gasteiger partial charge on any atom is -0.373 e. The van der Waals surface area contributed by atoms with Gasteiger partial charge in [-0.05, 0) is 31.5 Å². The summed E-state index contributed by atoms with van der Waals surface area (Å²) in [5.41, 5.74) is 2.65. The first-order valence-electron chi connectivity index (χ1n) is 6.73. The highest BCUT2D eigenvalue weighted by Gasteiger charge is 2.19. The Labute approximate surface area is 134 Å². The van der Waals surface area contributed by atoms with Gasteiger partial charge in [-0.2, -0.15) is 0 Å². The van der Waals surface area contributed by atoms with Crippen LogP contribution in [0, 0.1) is 12.3 Å². The van der Waals surface area contributed by atoms with E-state index in [1.54, 1.807) is 20.0 Å². The van der Waals surface area contributed by atoms with E-state index >= 15 is 0 Å². The number of amides is 1. The third kappa shape index (κ3) is 3.26. The predicted octanol–water partition coefficient (Wildman–Crippen LogP) is 3.73. The van der Waals surface area contributed by atoms with Crippen LogP contribution in [-0.4, -0.2) is 23.7 Å². The van der Waals surface area contributed by atoms with Crippen molar-refractivity contribution >= 4 is 34.7 Å². The standard InChI is InChI=1S/C16H17ClN4O/c1-9-5-4-6-11(7-9)21-16(22)12-8-20-15(19-3)13(10(2)18)14(12)17/h4-8,18H,1-3H3,(H,19,20)(H,21,22). The number of nitrogens with one attached hydrogen (secondary N) is 3. The second-order valence-electron chi connectivity index (χ2n) is 4.91. The van der Waals surface area contributed by atoms with E-state index in [1.165, 1.54) is 6.20 Å². The summed E-state index contributed by atoms with van der Waals surface area (Å²) in [7, 11) is 1.69. The monoisotopic (exact) mass is 316 g/mol. The van der Waals surface area contributed by atoms with E-state index in [0.717, 1.165) is 5.56 Å². The topological polar surface area (TPSA) is 77.9 Å². The van der Waals surface area contributed by atoms with E-state index in [1.807, 2.05) is 25.1 Å². The van der Waals surface area contributed by atoms with Crippen LogP contribution in [0.4, 0.5) is 11.5 Å². The van der Waals surface area contributed by atoms with Crippen LogP contribution in [0.1, 0.15) is 28.4 Å². The number of carbonyl (C=O) groups excluding carboxylic acids is 1. The molecule has 0 atom stereocenters. The molecule has 0 aliphatic heterocycles. The molecular formula is C16H17ClN4O. The molecule has 6 heteroatoms. The third-order valence-corrected chi connectivity index (χ3v) is 3.54. The van der Waals surface area contributed by atoms with Crippen molar-refractivity contribution in [1.82, 2.24) is 4.98 Å². The van der Waals surface area contributed by atoms with Crippen LogP contribution in [0.15, 0.2) is 30.5 Å². The lowest BCUT2D eigenvalue weighted by Gasteiger charge is -2.13. The number of aromatic nitrogens is 1. The van der Waals surface area contributed by atoms with E-state index < -0.39 is 0 Å². The molecule has 0 bridgehead atoms. The summed E-state index contributed by atoms with van der Waals surface area (Å²) in [5, 5.41) is 13.7. The van der Waals surface area contributed by atoms with E-state index in [2.05, 4.69) is 15.6 Å². The summed E-state index contributed by atoms with van der Waals surface area (Å²) >= 11 is 6.30. The van der Waals surface area contributed by atoms with Gasteiger partial charge in [-0.25, -0.2) is 4.98 Å². The smallest absolute Gasteiger partial charge is 0.258 e. The van der Waals surface area contributed by atoms with Crippen molar-refractivity contribution in [3.8, 4) is 0 Å². The van der Waals surface area contributed by atoms with Crippen LogP contribution >= 0.6 is 11.6 Å². The van der Waals surface area contributed by atoms with Crippen molar-refractivity contribution in [3.05, 3.63) is 52.2 Å². The molecule has 3 N–H and O–H groups in total. The molecule has 2 aromatic rings. The Hall–Kier alpha value is -2.40. The van der Waals surface area contributed by atoms with Crippen LogP contribution in [0.5, 0.6) is 0 Å². The summed E-state index contributed by atoms with van der Waals surface area (Å²) in [6.07, 6.45) is 1.41. The van der Waals surface area contributed by atoms with E-state index in [4.69, 9.17) is 17.0 Å². The normalized spacial score (nSPS) is 10.2. The molecule has 114 valence electrons. The van der Waals surface area contributed by atoms with Gasteiger partial charge in [0, 0.05) is 24.6 Å². The first-order valence-corrected chi connectivity index (χ1v) is 7.11. The Bertz CT molecular complexity index is 743. The van der Waals surface area contributed by atoms with E-state index in [9.17, 15) is 4.79 Å². The van der Waals surface area contributed by atoms with Crippen molar-refractivity contribution in [3.63, 3.8) is 0 Å². The summed E-state index contributed by atoms with van der Waals surface area (Å²) in [4.78, 5) is 16.6. The fraction of sp³-hybridized carbons (Fsp3) is 0.188. The molecule has 0 saturated carbocycles. The van der Waals surface area contributed by atoms with Crippen LogP contribution < -0.4 is 10.6 Å². The minimum atomic E-state index is -0.353. The van der Waals surface area contributed by atoms with Gasteiger partial charge in [0.15, 0.2) is 0 Å². The average molecular weight is 317 g/mol. The number of carbonyl (C=O) groups is 1. The number of nitrogens with zero attached hydrogens (tertiary/aromatic N) is 1. The van der Waals surface area contributed by atoms with Gasteiger partial charge < -0.3 is 16.0 Å². The first-order chi connectivity index (χ1) is 10.4. The maximum Gasteiger partial charge on any atom is 0.258 e. The molecule has 1 aromatic heterocycles. The number of hydrogen-bond donors (Lipinski definition) is 3. The maximum absolute atomic E-state index is 12.4. The summed E-state index contributed by atoms with van der Waals surface area (Å²) in [6, 6.07) is 7.48. The molecule has 0 unspecified atom stereocenters. The molecule has 5 nitrogen and oxygen atoms in total. The minimum absolute atomic E-state index is 0.219. The van der Waals surface area contributed by atoms with Crippen molar-refractivity contribution in [1.29, 1.82) is 5.41 Å². The van der Waals surface area contributed by atoms with Gasteiger partial charge in [0.25, 0.3) is 5.91 Å². The second-order valence-corrected chi connectivity index (χ2v) is 5.29. The number of halogens is 1. The Morgan fingerprint density at radius 1 is 1.36 bits per heavy atom. The van der Waals surface area contributed by atoms with Crippen LogP contribution in [0.2, 0.25) is 5.02 Å². The molecule has 2 rings (SSSR count). The van der Waals surface area contributed by atoms with Crippen molar-refractivity contribution < 1.29 is 4.79 Å². The first kappa shape index (κ1) is 16.0. The molecule has 0 saturated heterocycles. The highest BCUT2D eigenvalue weighted by atomic mass is 35.5. The summed E-state index contributed by atoms with van der Waals surface area (Å²) < 4.78 is 0. The number of anilines is 2. The molecular weight excluding hydrogens is 300 g/mol. The van der Waals surface area contributed by atoms with Gasteiger partial charge in [0.05, 0.1) is 16.1 Å². The molecule has 0 aliphatic carbocycles. The van der Waals surface area contributed by atoms with Gasteiger partial charge in [-0.3, -0.25) is 4.79 Å². The number of hydrogen-bond acceptors (Lipinski definition) is 4. The average Bonchev–Trinajstić information content (AvgIpc) is 2.46. The summed E-state index contributed by atoms with van der Waals surface area (Å²) in [5.74, 6) is 0.123. The Kier molecular flexibility index (Phi) is 4.78. The second kappa shape index (κ2) is 6.58. The third-order valence-electron chi connectivity index (χ3n) is 3.15. The quantitative estimate of drug-likeness (QED) is 0.752. The van der Waals surface area contributed by atoms with Gasteiger partial charge in [0.2, 0.25) is 0 Å². The number of rotatable bonds is 4. The number of pyridine rings is 1. The Balaban J connectivity index is 2.38. The van der Waals surface area contributed by atoms with Crippen LogP contribution in [-0.2, 0) is 0 Å². The fourth-order valence-corrected chi connectivity index (χ4v) is 2.47. The van der Waals surface area contributed by atoms with Crippen LogP contribution in [0.25, 0.3) is 0 Å². The van der Waals surface area contributed by atoms with E-state index in [-0.39, 0.29) is 22.2 Å². The molecule has 1 amide bonds. The molecule has 0 fully saturated rings. The highest BCUT2D eigenvalue weighted by Crippen LogP contribution is 2.27. The van der Waals surface area contributed by atoms with Crippen molar-refractivity contribution in [2.45, 2.75) is 13.8 Å². The lowest BCUT2D eigenvalue weighted by atomic mass is 10.1. The van der Waals surface area contributed by atoms with Crippen molar-refractivity contribution in [2.24, 2.45) is 0 Å². The lowest BCUT2D eigenvalue weighted by Crippen LogP contribution is -2.15. The number of aryl methyl sites for hydroxylation is 1.